The second-order valence-electron chi connectivity index (χ2n) is 16.1. The van der Waals surface area contributed by atoms with Gasteiger partial charge in [0.2, 0.25) is 0 Å². The molecule has 0 spiro atoms. The number of phosphoric acid groups is 1. The highest BCUT2D eigenvalue weighted by atomic mass is 31.2. The minimum absolute atomic E-state index is 0.0350. The fraction of sp³-hybridized carbons (Fsp3) is 0.864. The lowest BCUT2D eigenvalue weighted by atomic mass is 10.0. The van der Waals surface area contributed by atoms with Gasteiger partial charge in [-0.3, -0.25) is 14.2 Å². The van der Waals surface area contributed by atoms with Crippen molar-refractivity contribution in [3.63, 3.8) is 0 Å². The van der Waals surface area contributed by atoms with Crippen molar-refractivity contribution in [3.05, 3.63) is 24.3 Å². The number of quaternary nitrogens is 1. The lowest BCUT2D eigenvalue weighted by Crippen LogP contribution is -2.37. The molecule has 1 unspecified atom stereocenters. The van der Waals surface area contributed by atoms with Gasteiger partial charge in [-0.25, -0.2) is 0 Å². The Kier molecular flexibility index (Phi) is 36.1. The van der Waals surface area contributed by atoms with Crippen LogP contribution in [0.4, 0.5) is 0 Å². The van der Waals surface area contributed by atoms with Gasteiger partial charge in [-0.05, 0) is 44.9 Å². The normalized spacial score (nSPS) is 13.8. The van der Waals surface area contributed by atoms with Gasteiger partial charge in [0.15, 0.2) is 6.10 Å². The summed E-state index contributed by atoms with van der Waals surface area (Å²) >= 11 is 0. The summed E-state index contributed by atoms with van der Waals surface area (Å²) in [7, 11) is 1.15. The van der Waals surface area contributed by atoms with E-state index in [1.54, 1.807) is 0 Å². The number of unbranched alkanes of at least 4 members (excludes halogenated alkanes) is 22. The molecule has 9 nitrogen and oxygen atoms in total. The molecule has 10 heteroatoms. The molecule has 0 aromatic carbocycles. The van der Waals surface area contributed by atoms with E-state index in [1.165, 1.54) is 109 Å². The Morgan fingerprint density at radius 2 is 0.981 bits per heavy atom. The van der Waals surface area contributed by atoms with Crippen molar-refractivity contribution < 1.29 is 42.1 Å². The van der Waals surface area contributed by atoms with Gasteiger partial charge in [-0.15, -0.1) is 0 Å². The molecule has 318 valence electrons. The molecule has 0 aliphatic rings. The highest BCUT2D eigenvalue weighted by Gasteiger charge is 2.21. The van der Waals surface area contributed by atoms with E-state index in [9.17, 15) is 19.0 Å². The number of ether oxygens (including phenoxy) is 2. The summed E-state index contributed by atoms with van der Waals surface area (Å²) in [5, 5.41) is 0. The maximum absolute atomic E-state index is 12.5. The summed E-state index contributed by atoms with van der Waals surface area (Å²) in [6, 6.07) is 0. The van der Waals surface area contributed by atoms with Crippen molar-refractivity contribution in [1.29, 1.82) is 0 Å². The minimum Gasteiger partial charge on any atom is -0.756 e. The van der Waals surface area contributed by atoms with Crippen LogP contribution in [0.3, 0.4) is 0 Å². The van der Waals surface area contributed by atoms with E-state index in [4.69, 9.17) is 18.5 Å². The van der Waals surface area contributed by atoms with Crippen LogP contribution in [0.2, 0.25) is 0 Å². The fourth-order valence-corrected chi connectivity index (χ4v) is 6.70. The molecular weight excluding hydrogens is 701 g/mol. The molecule has 0 rings (SSSR count). The molecular formula is C44H84NO8P. The molecule has 0 saturated carbocycles. The van der Waals surface area contributed by atoms with Crippen LogP contribution in [0.5, 0.6) is 0 Å². The molecule has 0 aromatic heterocycles. The van der Waals surface area contributed by atoms with Crippen molar-refractivity contribution in [3.8, 4) is 0 Å². The Balaban J connectivity index is 4.18. The monoisotopic (exact) mass is 786 g/mol. The molecule has 2 atom stereocenters. The predicted molar refractivity (Wildman–Crippen MR) is 222 cm³/mol. The van der Waals surface area contributed by atoms with Crippen molar-refractivity contribution >= 4 is 19.8 Å². The number of hydrogen-bond acceptors (Lipinski definition) is 8. The van der Waals surface area contributed by atoms with Crippen LogP contribution in [0, 0.1) is 0 Å². The minimum atomic E-state index is -4.62. The predicted octanol–water partition coefficient (Wildman–Crippen LogP) is 11.7. The van der Waals surface area contributed by atoms with Crippen molar-refractivity contribution in [2.45, 2.75) is 200 Å². The van der Waals surface area contributed by atoms with Gasteiger partial charge >= 0.3 is 11.9 Å². The number of allylic oxidation sites excluding steroid dienone is 4. The van der Waals surface area contributed by atoms with E-state index >= 15 is 0 Å². The number of esters is 2. The Morgan fingerprint density at radius 1 is 0.556 bits per heavy atom. The zero-order chi connectivity index (χ0) is 40.0. The summed E-state index contributed by atoms with van der Waals surface area (Å²) in [5.74, 6) is -0.887. The van der Waals surface area contributed by atoms with Crippen LogP contribution in [-0.2, 0) is 32.7 Å². The number of hydrogen-bond donors (Lipinski definition) is 0. The maximum atomic E-state index is 12.5. The first-order chi connectivity index (χ1) is 26.0. The standard InChI is InChI=1S/C44H84NO8P/c1-6-8-10-12-14-15-16-17-18-19-20-21-22-23-24-25-26-27-28-29-31-32-34-36-43(46)50-40-42(41-52-54(48,49)51-39-38-45(3,4)5)53-44(47)37-35-33-30-13-11-9-7-2/h25-26,29,31,42H,6-24,27-28,30,32-41H2,1-5H3/b26-25+,31-29+/t42-/m0/s1. The largest absolute Gasteiger partial charge is 0.756 e. The summed E-state index contributed by atoms with van der Waals surface area (Å²) < 4.78 is 33.7. The van der Waals surface area contributed by atoms with Crippen LogP contribution >= 0.6 is 7.82 Å². The second-order valence-corrected chi connectivity index (χ2v) is 17.5. The average molecular weight is 786 g/mol. The summed E-state index contributed by atoms with van der Waals surface area (Å²) in [6.45, 7) is 4.14. The van der Waals surface area contributed by atoms with Gasteiger partial charge in [-0.2, -0.15) is 0 Å². The van der Waals surface area contributed by atoms with Gasteiger partial charge < -0.3 is 27.9 Å². The van der Waals surface area contributed by atoms with Gasteiger partial charge in [0, 0.05) is 12.8 Å². The quantitative estimate of drug-likeness (QED) is 0.0198. The summed E-state index contributed by atoms with van der Waals surface area (Å²) in [4.78, 5) is 37.2. The molecule has 0 fully saturated rings. The van der Waals surface area contributed by atoms with Crippen molar-refractivity contribution in [2.75, 3.05) is 47.5 Å². The molecule has 0 N–H and O–H groups in total. The number of phosphoric ester groups is 1. The number of rotatable bonds is 40. The SMILES string of the molecule is CCCCCCCCCCCCCCCC/C=C/CC/C=C/CCCC(=O)OC[C@@H](COP(=O)([O-])OCC[N+](C)(C)C)OC(=O)CCCCCCCCC. The number of nitrogens with zero attached hydrogens (tertiary/aromatic N) is 1. The van der Waals surface area contributed by atoms with Gasteiger partial charge in [-0.1, -0.05) is 160 Å². The number of carbonyl (C=O) groups is 2. The van der Waals surface area contributed by atoms with Crippen LogP contribution in [-0.4, -0.2) is 70.0 Å². The lowest BCUT2D eigenvalue weighted by molar-refractivity contribution is -0.870. The third-order valence-corrected chi connectivity index (χ3v) is 10.4. The Labute approximate surface area is 332 Å². The molecule has 0 aliphatic carbocycles. The topological polar surface area (TPSA) is 111 Å². The Bertz CT molecular complexity index is 980. The molecule has 0 bridgehead atoms. The van der Waals surface area contributed by atoms with Crippen LogP contribution in [0.15, 0.2) is 24.3 Å². The first kappa shape index (κ1) is 52.5. The summed E-state index contributed by atoms with van der Waals surface area (Å²) in [6.07, 6.45) is 39.7. The first-order valence-corrected chi connectivity index (χ1v) is 23.5. The highest BCUT2D eigenvalue weighted by molar-refractivity contribution is 7.45. The van der Waals surface area contributed by atoms with Crippen molar-refractivity contribution in [2.24, 2.45) is 0 Å². The second kappa shape index (κ2) is 37.1. The van der Waals surface area contributed by atoms with Crippen LogP contribution in [0.25, 0.3) is 0 Å². The van der Waals surface area contributed by atoms with E-state index in [-0.39, 0.29) is 26.1 Å². The lowest BCUT2D eigenvalue weighted by Gasteiger charge is -2.28. The Hall–Kier alpha value is -1.51. The molecule has 0 amide bonds. The van der Waals surface area contributed by atoms with E-state index in [0.717, 1.165) is 44.9 Å². The third-order valence-electron chi connectivity index (χ3n) is 9.45. The Morgan fingerprint density at radius 3 is 1.48 bits per heavy atom. The van der Waals surface area contributed by atoms with E-state index in [0.29, 0.717) is 23.9 Å². The molecule has 0 saturated heterocycles. The summed E-state index contributed by atoms with van der Waals surface area (Å²) in [5.41, 5.74) is 0. The third kappa shape index (κ3) is 40.2. The van der Waals surface area contributed by atoms with E-state index < -0.39 is 32.5 Å². The molecule has 0 heterocycles. The smallest absolute Gasteiger partial charge is 0.306 e. The molecule has 0 radical (unpaired) electrons. The van der Waals surface area contributed by atoms with Crippen LogP contribution in [0.1, 0.15) is 194 Å². The number of likely N-dealkylation sites (N-methyl/N-ethyl adjacent to an activating group) is 1. The zero-order valence-electron chi connectivity index (χ0n) is 35.7. The number of carbonyl (C=O) groups excluding carboxylic acids is 2. The molecule has 0 aromatic rings. The van der Waals surface area contributed by atoms with Gasteiger partial charge in [0.25, 0.3) is 7.82 Å². The van der Waals surface area contributed by atoms with E-state index in [2.05, 4.69) is 38.2 Å². The van der Waals surface area contributed by atoms with Gasteiger partial charge in [0.05, 0.1) is 27.7 Å². The van der Waals surface area contributed by atoms with E-state index in [1.807, 2.05) is 21.1 Å². The van der Waals surface area contributed by atoms with Gasteiger partial charge in [0.1, 0.15) is 19.8 Å². The van der Waals surface area contributed by atoms with Crippen molar-refractivity contribution in [1.82, 2.24) is 0 Å². The molecule has 0 aliphatic heterocycles. The maximum Gasteiger partial charge on any atom is 0.306 e. The zero-order valence-corrected chi connectivity index (χ0v) is 36.6. The van der Waals surface area contributed by atoms with Crippen LogP contribution < -0.4 is 4.89 Å². The molecule has 54 heavy (non-hydrogen) atoms. The first-order valence-electron chi connectivity index (χ1n) is 22.0. The highest BCUT2D eigenvalue weighted by Crippen LogP contribution is 2.38. The fourth-order valence-electron chi connectivity index (χ4n) is 5.97. The average Bonchev–Trinajstić information content (AvgIpc) is 3.12.